The van der Waals surface area contributed by atoms with Gasteiger partial charge in [-0.05, 0) is 38.1 Å². The van der Waals surface area contributed by atoms with Crippen molar-refractivity contribution in [3.05, 3.63) is 30.1 Å². The molecule has 4 nitrogen and oxygen atoms in total. The number of carbonyl (C=O) groups is 1. The topological polar surface area (TPSA) is 61.5 Å². The van der Waals surface area contributed by atoms with E-state index in [0.717, 1.165) is 0 Å². The van der Waals surface area contributed by atoms with Crippen molar-refractivity contribution in [1.29, 1.82) is 0 Å². The lowest BCUT2D eigenvalue weighted by Crippen LogP contribution is -2.41. The van der Waals surface area contributed by atoms with Crippen molar-refractivity contribution in [2.24, 2.45) is 5.73 Å². The van der Waals surface area contributed by atoms with E-state index >= 15 is 0 Å². The Hall–Kier alpha value is -1.62. The van der Waals surface area contributed by atoms with E-state index < -0.39 is 17.6 Å². The first-order valence-electron chi connectivity index (χ1n) is 5.62. The van der Waals surface area contributed by atoms with Gasteiger partial charge in [-0.25, -0.2) is 4.39 Å². The van der Waals surface area contributed by atoms with Gasteiger partial charge in [-0.1, -0.05) is 0 Å². The maximum absolute atomic E-state index is 12.7. The van der Waals surface area contributed by atoms with E-state index in [2.05, 4.69) is 4.74 Å². The molecule has 2 N–H and O–H groups in total. The Balaban J connectivity index is 2.64. The van der Waals surface area contributed by atoms with E-state index in [1.165, 1.54) is 31.4 Å². The third-order valence-corrected chi connectivity index (χ3v) is 2.42. The van der Waals surface area contributed by atoms with Crippen LogP contribution in [0.3, 0.4) is 0 Å². The second kappa shape index (κ2) is 5.82. The predicted octanol–water partition coefficient (Wildman–Crippen LogP) is 1.87. The van der Waals surface area contributed by atoms with Gasteiger partial charge in [0.05, 0.1) is 7.11 Å². The van der Waals surface area contributed by atoms with E-state index in [0.29, 0.717) is 12.2 Å². The third-order valence-electron chi connectivity index (χ3n) is 2.42. The van der Waals surface area contributed by atoms with Crippen LogP contribution in [0.5, 0.6) is 5.75 Å². The van der Waals surface area contributed by atoms with E-state index in [1.54, 1.807) is 13.8 Å². The number of rotatable bonds is 5. The molecule has 0 spiro atoms. The van der Waals surface area contributed by atoms with Gasteiger partial charge in [0.2, 0.25) is 0 Å². The summed E-state index contributed by atoms with van der Waals surface area (Å²) < 4.78 is 23.0. The minimum absolute atomic E-state index is 0.303. The Morgan fingerprint density at radius 2 is 1.94 bits per heavy atom. The average Bonchev–Trinajstić information content (AvgIpc) is 2.30. The van der Waals surface area contributed by atoms with Crippen LogP contribution in [0, 0.1) is 5.82 Å². The summed E-state index contributed by atoms with van der Waals surface area (Å²) in [5, 5.41) is 0. The van der Waals surface area contributed by atoms with Gasteiger partial charge in [-0.3, -0.25) is 4.79 Å². The summed E-state index contributed by atoms with van der Waals surface area (Å²) >= 11 is 0. The quantitative estimate of drug-likeness (QED) is 0.816. The molecule has 5 heteroatoms. The molecule has 0 radical (unpaired) electrons. The Labute approximate surface area is 106 Å². The molecule has 1 atom stereocenters. The van der Waals surface area contributed by atoms with Crippen LogP contribution < -0.4 is 10.5 Å². The highest BCUT2D eigenvalue weighted by Crippen LogP contribution is 2.22. The summed E-state index contributed by atoms with van der Waals surface area (Å²) in [5.74, 6) is -0.282. The largest absolute Gasteiger partial charge is 0.488 e. The van der Waals surface area contributed by atoms with Gasteiger partial charge in [0, 0.05) is 6.42 Å². The molecule has 18 heavy (non-hydrogen) atoms. The van der Waals surface area contributed by atoms with Crippen LogP contribution in [-0.2, 0) is 9.53 Å². The average molecular weight is 255 g/mol. The Bertz CT molecular complexity index is 403. The fourth-order valence-electron chi connectivity index (χ4n) is 1.63. The Kier molecular flexibility index (Phi) is 4.67. The molecule has 0 saturated carbocycles. The van der Waals surface area contributed by atoms with Crippen LogP contribution >= 0.6 is 0 Å². The number of methoxy groups -OCH3 is 1. The van der Waals surface area contributed by atoms with Gasteiger partial charge in [0.25, 0.3) is 0 Å². The summed E-state index contributed by atoms with van der Waals surface area (Å²) in [5.41, 5.74) is 5.03. The summed E-state index contributed by atoms with van der Waals surface area (Å²) in [4.78, 5) is 11.2. The number of nitrogens with two attached hydrogens (primary N) is 1. The highest BCUT2D eigenvalue weighted by Gasteiger charge is 2.27. The van der Waals surface area contributed by atoms with Crippen molar-refractivity contribution in [1.82, 2.24) is 0 Å². The van der Waals surface area contributed by atoms with Crippen molar-refractivity contribution < 1.29 is 18.7 Å². The Morgan fingerprint density at radius 3 is 2.44 bits per heavy atom. The summed E-state index contributed by atoms with van der Waals surface area (Å²) in [7, 11) is 1.29. The number of halogens is 1. The number of hydrogen-bond donors (Lipinski definition) is 1. The van der Waals surface area contributed by atoms with Gasteiger partial charge < -0.3 is 15.2 Å². The van der Waals surface area contributed by atoms with Crippen molar-refractivity contribution in [3.8, 4) is 5.75 Å². The summed E-state index contributed by atoms with van der Waals surface area (Å²) in [6.45, 7) is 3.61. The first kappa shape index (κ1) is 14.4. The van der Waals surface area contributed by atoms with E-state index in [4.69, 9.17) is 10.5 Å². The van der Waals surface area contributed by atoms with Crippen molar-refractivity contribution in [2.45, 2.75) is 31.9 Å². The predicted molar refractivity (Wildman–Crippen MR) is 65.7 cm³/mol. The molecule has 0 amide bonds. The smallest absolute Gasteiger partial charge is 0.322 e. The monoisotopic (exact) mass is 255 g/mol. The van der Waals surface area contributed by atoms with Crippen LogP contribution in [0.25, 0.3) is 0 Å². The van der Waals surface area contributed by atoms with Crippen LogP contribution in [0.15, 0.2) is 24.3 Å². The number of esters is 1. The highest BCUT2D eigenvalue weighted by molar-refractivity contribution is 5.75. The van der Waals surface area contributed by atoms with Crippen molar-refractivity contribution in [2.75, 3.05) is 7.11 Å². The van der Waals surface area contributed by atoms with Gasteiger partial charge in [-0.15, -0.1) is 0 Å². The zero-order valence-electron chi connectivity index (χ0n) is 10.8. The zero-order chi connectivity index (χ0) is 13.8. The highest BCUT2D eigenvalue weighted by atomic mass is 19.1. The fourth-order valence-corrected chi connectivity index (χ4v) is 1.63. The third kappa shape index (κ3) is 4.33. The molecule has 0 heterocycles. The van der Waals surface area contributed by atoms with Gasteiger partial charge in [0.15, 0.2) is 0 Å². The molecule has 0 aliphatic rings. The second-order valence-electron chi connectivity index (χ2n) is 4.65. The molecule has 1 rings (SSSR count). The number of benzene rings is 1. The normalized spacial score (nSPS) is 12.9. The van der Waals surface area contributed by atoms with E-state index in [-0.39, 0.29) is 5.82 Å². The molecule has 0 aliphatic heterocycles. The van der Waals surface area contributed by atoms with Gasteiger partial charge in [0.1, 0.15) is 23.2 Å². The maximum Gasteiger partial charge on any atom is 0.322 e. The molecule has 1 unspecified atom stereocenters. The maximum atomic E-state index is 12.7. The minimum atomic E-state index is -0.745. The lowest BCUT2D eigenvalue weighted by molar-refractivity contribution is -0.143. The molecule has 0 bridgehead atoms. The number of ether oxygens (including phenoxy) is 2. The fraction of sp³-hybridized carbons (Fsp3) is 0.462. The van der Waals surface area contributed by atoms with Crippen LogP contribution in [0.4, 0.5) is 4.39 Å². The first-order chi connectivity index (χ1) is 8.34. The van der Waals surface area contributed by atoms with Crippen LogP contribution in [0.2, 0.25) is 0 Å². The molecule has 0 aliphatic carbocycles. The van der Waals surface area contributed by atoms with Gasteiger partial charge in [-0.2, -0.15) is 0 Å². The minimum Gasteiger partial charge on any atom is -0.488 e. The van der Waals surface area contributed by atoms with E-state index in [9.17, 15) is 9.18 Å². The molecule has 0 fully saturated rings. The standard InChI is InChI=1S/C13H18FNO3/c1-13(2,8-11(15)12(16)17-3)18-10-6-4-9(14)5-7-10/h4-7,11H,8,15H2,1-3H3. The number of hydrogen-bond acceptors (Lipinski definition) is 4. The molecule has 1 aromatic rings. The molecule has 0 saturated heterocycles. The summed E-state index contributed by atoms with van der Waals surface area (Å²) in [6, 6.07) is 4.93. The first-order valence-corrected chi connectivity index (χ1v) is 5.62. The van der Waals surface area contributed by atoms with Crippen molar-refractivity contribution >= 4 is 5.97 Å². The lowest BCUT2D eigenvalue weighted by atomic mass is 9.99. The van der Waals surface area contributed by atoms with Gasteiger partial charge >= 0.3 is 5.97 Å². The molecular formula is C13H18FNO3. The van der Waals surface area contributed by atoms with Crippen molar-refractivity contribution in [3.63, 3.8) is 0 Å². The van der Waals surface area contributed by atoms with Crippen LogP contribution in [-0.4, -0.2) is 24.7 Å². The zero-order valence-corrected chi connectivity index (χ0v) is 10.8. The second-order valence-corrected chi connectivity index (χ2v) is 4.65. The van der Waals surface area contributed by atoms with Crippen LogP contribution in [0.1, 0.15) is 20.3 Å². The molecule has 1 aromatic carbocycles. The number of carbonyl (C=O) groups excluding carboxylic acids is 1. The molecular weight excluding hydrogens is 237 g/mol. The molecule has 0 aromatic heterocycles. The SMILES string of the molecule is COC(=O)C(N)CC(C)(C)Oc1ccc(F)cc1. The molecule has 100 valence electrons. The van der Waals surface area contributed by atoms with E-state index in [1.807, 2.05) is 0 Å². The Morgan fingerprint density at radius 1 is 1.39 bits per heavy atom. The summed E-state index contributed by atoms with van der Waals surface area (Å²) in [6.07, 6.45) is 0.303. The lowest BCUT2D eigenvalue weighted by Gasteiger charge is -2.28.